The van der Waals surface area contributed by atoms with Crippen molar-refractivity contribution in [3.63, 3.8) is 0 Å². The number of carbonyl (C=O) groups excluding carboxylic acids is 2. The highest BCUT2D eigenvalue weighted by Gasteiger charge is 2.23. The molecule has 0 aromatic heterocycles. The molecule has 1 fully saturated rings. The van der Waals surface area contributed by atoms with Gasteiger partial charge < -0.3 is 15.5 Å². The summed E-state index contributed by atoms with van der Waals surface area (Å²) in [6, 6.07) is 26.6. The molecule has 2 N–H and O–H groups in total. The fraction of sp³-hybridized carbons (Fsp3) is 0.200. The Morgan fingerprint density at radius 1 is 0.767 bits per heavy atom. The molecule has 30 heavy (non-hydrogen) atoms. The largest absolute Gasteiger partial charge is 0.336 e. The Morgan fingerprint density at radius 3 is 1.83 bits per heavy atom. The topological polar surface area (TPSA) is 61.4 Å². The average Bonchev–Trinajstić information content (AvgIpc) is 2.81. The van der Waals surface area contributed by atoms with Gasteiger partial charge in [-0.1, -0.05) is 60.7 Å². The van der Waals surface area contributed by atoms with Crippen LogP contribution in [0.3, 0.4) is 0 Å². The molecule has 3 aromatic carbocycles. The number of benzene rings is 3. The maximum Gasteiger partial charge on any atom is 0.253 e. The van der Waals surface area contributed by atoms with E-state index in [1.807, 2.05) is 65.6 Å². The molecule has 4 rings (SSSR count). The molecule has 1 aliphatic heterocycles. The number of amides is 2. The number of hydrogen-bond donors (Lipinski definition) is 2. The summed E-state index contributed by atoms with van der Waals surface area (Å²) in [7, 11) is 0. The van der Waals surface area contributed by atoms with Crippen LogP contribution in [0, 0.1) is 0 Å². The minimum absolute atomic E-state index is 0.0285. The molecule has 0 radical (unpaired) electrons. The van der Waals surface area contributed by atoms with Gasteiger partial charge in [-0.2, -0.15) is 0 Å². The van der Waals surface area contributed by atoms with Crippen molar-refractivity contribution in [2.45, 2.75) is 5.92 Å². The lowest BCUT2D eigenvalue weighted by Gasteiger charge is -2.27. The molecule has 3 aromatic rings. The molecule has 1 heterocycles. The van der Waals surface area contributed by atoms with E-state index < -0.39 is 5.92 Å². The highest BCUT2D eigenvalue weighted by molar-refractivity contribution is 5.99. The molecule has 0 saturated carbocycles. The Morgan fingerprint density at radius 2 is 1.30 bits per heavy atom. The van der Waals surface area contributed by atoms with Crippen LogP contribution in [-0.4, -0.2) is 42.9 Å². The third-order valence-electron chi connectivity index (χ3n) is 5.33. The van der Waals surface area contributed by atoms with Gasteiger partial charge in [0.05, 0.1) is 5.92 Å². The molecule has 0 unspecified atom stereocenters. The third kappa shape index (κ3) is 4.58. The lowest BCUT2D eigenvalue weighted by Crippen LogP contribution is -2.46. The second kappa shape index (κ2) is 9.37. The highest BCUT2D eigenvalue weighted by Crippen LogP contribution is 2.26. The molecule has 0 bridgehead atoms. The quantitative estimate of drug-likeness (QED) is 0.690. The summed E-state index contributed by atoms with van der Waals surface area (Å²) >= 11 is 0. The zero-order valence-corrected chi connectivity index (χ0v) is 16.8. The normalized spacial score (nSPS) is 13.8. The summed E-state index contributed by atoms with van der Waals surface area (Å²) in [4.78, 5) is 27.7. The summed E-state index contributed by atoms with van der Waals surface area (Å²) in [5.41, 5.74) is 3.18. The molecule has 1 saturated heterocycles. The molecular weight excluding hydrogens is 374 g/mol. The SMILES string of the molecule is O=C(Nc1ccc(C(=O)N2CCNCC2)cc1)C(c1ccccc1)c1ccccc1. The van der Waals surface area contributed by atoms with Crippen LogP contribution in [0.2, 0.25) is 0 Å². The van der Waals surface area contributed by atoms with Gasteiger partial charge in [-0.05, 0) is 35.4 Å². The number of anilines is 1. The minimum atomic E-state index is -0.408. The van der Waals surface area contributed by atoms with Gasteiger partial charge in [0, 0.05) is 37.4 Å². The van der Waals surface area contributed by atoms with E-state index in [2.05, 4.69) is 10.6 Å². The first kappa shape index (κ1) is 19.9. The van der Waals surface area contributed by atoms with Gasteiger partial charge in [-0.3, -0.25) is 9.59 Å². The van der Waals surface area contributed by atoms with Crippen LogP contribution in [0.4, 0.5) is 5.69 Å². The van der Waals surface area contributed by atoms with Crippen molar-refractivity contribution in [2.24, 2.45) is 0 Å². The summed E-state index contributed by atoms with van der Waals surface area (Å²) in [6.07, 6.45) is 0. The summed E-state index contributed by atoms with van der Waals surface area (Å²) in [5.74, 6) is -0.482. The Balaban J connectivity index is 1.50. The van der Waals surface area contributed by atoms with Gasteiger partial charge in [0.1, 0.15) is 0 Å². The zero-order chi connectivity index (χ0) is 20.8. The lowest BCUT2D eigenvalue weighted by atomic mass is 9.90. The molecular formula is C25H25N3O2. The van der Waals surface area contributed by atoms with E-state index in [4.69, 9.17) is 0 Å². The summed E-state index contributed by atoms with van der Waals surface area (Å²) in [6.45, 7) is 3.07. The maximum atomic E-state index is 13.2. The monoisotopic (exact) mass is 399 g/mol. The van der Waals surface area contributed by atoms with Crippen LogP contribution in [0.15, 0.2) is 84.9 Å². The summed E-state index contributed by atoms with van der Waals surface area (Å²) in [5, 5.41) is 6.26. The van der Waals surface area contributed by atoms with Crippen LogP contribution < -0.4 is 10.6 Å². The van der Waals surface area contributed by atoms with E-state index >= 15 is 0 Å². The fourth-order valence-electron chi connectivity index (χ4n) is 3.75. The first-order valence-corrected chi connectivity index (χ1v) is 10.2. The number of hydrogen-bond acceptors (Lipinski definition) is 3. The van der Waals surface area contributed by atoms with Crippen molar-refractivity contribution in [1.29, 1.82) is 0 Å². The second-order valence-corrected chi connectivity index (χ2v) is 7.36. The first-order valence-electron chi connectivity index (χ1n) is 10.2. The van der Waals surface area contributed by atoms with E-state index in [1.54, 1.807) is 24.3 Å². The molecule has 5 nitrogen and oxygen atoms in total. The van der Waals surface area contributed by atoms with Gasteiger partial charge >= 0.3 is 0 Å². The highest BCUT2D eigenvalue weighted by atomic mass is 16.2. The molecule has 1 aliphatic rings. The Bertz CT molecular complexity index is 942. The molecule has 2 amide bonds. The van der Waals surface area contributed by atoms with Gasteiger partial charge in [0.25, 0.3) is 5.91 Å². The standard InChI is InChI=1S/C25H25N3O2/c29-24(23(19-7-3-1-4-8-19)20-9-5-2-6-10-20)27-22-13-11-21(12-14-22)25(30)28-17-15-26-16-18-28/h1-14,23,26H,15-18H2,(H,27,29). The number of carbonyl (C=O) groups is 2. The average molecular weight is 399 g/mol. The summed E-state index contributed by atoms with van der Waals surface area (Å²) < 4.78 is 0. The van der Waals surface area contributed by atoms with Gasteiger partial charge in [-0.15, -0.1) is 0 Å². The molecule has 0 atom stereocenters. The van der Waals surface area contributed by atoms with Gasteiger partial charge in [0.15, 0.2) is 0 Å². The van der Waals surface area contributed by atoms with Crippen molar-refractivity contribution in [2.75, 3.05) is 31.5 Å². The Labute approximate surface area is 176 Å². The third-order valence-corrected chi connectivity index (χ3v) is 5.33. The molecule has 5 heteroatoms. The van der Waals surface area contributed by atoms with E-state index in [-0.39, 0.29) is 11.8 Å². The number of nitrogens with one attached hydrogen (secondary N) is 2. The molecule has 0 spiro atoms. The van der Waals surface area contributed by atoms with Crippen molar-refractivity contribution in [3.8, 4) is 0 Å². The van der Waals surface area contributed by atoms with Crippen LogP contribution >= 0.6 is 0 Å². The fourth-order valence-corrected chi connectivity index (χ4v) is 3.75. The van der Waals surface area contributed by atoms with Crippen LogP contribution in [0.1, 0.15) is 27.4 Å². The van der Waals surface area contributed by atoms with E-state index in [9.17, 15) is 9.59 Å². The van der Waals surface area contributed by atoms with E-state index in [0.717, 1.165) is 24.2 Å². The van der Waals surface area contributed by atoms with Crippen molar-refractivity contribution in [1.82, 2.24) is 10.2 Å². The first-order chi connectivity index (χ1) is 14.7. The van der Waals surface area contributed by atoms with Gasteiger partial charge in [-0.25, -0.2) is 0 Å². The molecule has 0 aliphatic carbocycles. The number of rotatable bonds is 5. The predicted octanol–water partition coefficient (Wildman–Crippen LogP) is 3.50. The zero-order valence-electron chi connectivity index (χ0n) is 16.8. The Kier molecular flexibility index (Phi) is 6.20. The molecule has 152 valence electrons. The predicted molar refractivity (Wildman–Crippen MR) is 119 cm³/mol. The van der Waals surface area contributed by atoms with Crippen molar-refractivity contribution >= 4 is 17.5 Å². The van der Waals surface area contributed by atoms with E-state index in [1.165, 1.54) is 0 Å². The lowest BCUT2D eigenvalue weighted by molar-refractivity contribution is -0.116. The van der Waals surface area contributed by atoms with Crippen LogP contribution in [-0.2, 0) is 4.79 Å². The van der Waals surface area contributed by atoms with Gasteiger partial charge in [0.2, 0.25) is 5.91 Å². The second-order valence-electron chi connectivity index (χ2n) is 7.36. The Hall–Kier alpha value is -3.44. The minimum Gasteiger partial charge on any atom is -0.336 e. The van der Waals surface area contributed by atoms with Crippen molar-refractivity contribution in [3.05, 3.63) is 102 Å². The van der Waals surface area contributed by atoms with Crippen molar-refractivity contribution < 1.29 is 9.59 Å². The van der Waals surface area contributed by atoms with Crippen LogP contribution in [0.5, 0.6) is 0 Å². The number of piperazine rings is 1. The number of nitrogens with zero attached hydrogens (tertiary/aromatic N) is 1. The smallest absolute Gasteiger partial charge is 0.253 e. The maximum absolute atomic E-state index is 13.2. The van der Waals surface area contributed by atoms with E-state index in [0.29, 0.717) is 24.3 Å². The van der Waals surface area contributed by atoms with Crippen LogP contribution in [0.25, 0.3) is 0 Å².